The Kier molecular flexibility index (Phi) is 7.54. The van der Waals surface area contributed by atoms with Crippen LogP contribution in [0.3, 0.4) is 0 Å². The summed E-state index contributed by atoms with van der Waals surface area (Å²) in [5.74, 6) is 1.10. The first kappa shape index (κ1) is 11.9. The highest BCUT2D eigenvalue weighted by Gasteiger charge is 2.04. The van der Waals surface area contributed by atoms with Gasteiger partial charge in [0, 0.05) is 12.2 Å². The molecule has 0 radical (unpaired) electrons. The highest BCUT2D eigenvalue weighted by atomic mass is 32.2. The topological polar surface area (TPSA) is 57.5 Å². The number of thioether (sulfide) groups is 1. The van der Waals surface area contributed by atoms with Crippen molar-refractivity contribution < 1.29 is 15.0 Å². The lowest BCUT2D eigenvalue weighted by molar-refractivity contribution is -0.116. The molecule has 0 saturated heterocycles. The fourth-order valence-corrected chi connectivity index (χ4v) is 1.58. The van der Waals surface area contributed by atoms with Crippen LogP contribution in [0.1, 0.15) is 19.8 Å². The van der Waals surface area contributed by atoms with Crippen LogP contribution in [0.5, 0.6) is 0 Å². The summed E-state index contributed by atoms with van der Waals surface area (Å²) in [6.07, 6.45) is 0.800. The molecule has 0 aliphatic rings. The zero-order valence-corrected chi connectivity index (χ0v) is 8.14. The Balaban J connectivity index is 3.24. The Morgan fingerprint density at radius 3 is 2.75 bits per heavy atom. The second-order valence-corrected chi connectivity index (χ2v) is 3.67. The second kappa shape index (κ2) is 7.58. The van der Waals surface area contributed by atoms with Crippen molar-refractivity contribution >= 4 is 17.5 Å². The van der Waals surface area contributed by atoms with Crippen LogP contribution < -0.4 is 0 Å². The maximum absolute atomic E-state index is 10.9. The average Bonchev–Trinajstić information content (AvgIpc) is 2.04. The summed E-state index contributed by atoms with van der Waals surface area (Å²) in [5.41, 5.74) is 0. The smallest absolute Gasteiger partial charge is 0.142 e. The lowest BCUT2D eigenvalue weighted by atomic mass is 10.3. The maximum Gasteiger partial charge on any atom is 0.142 e. The van der Waals surface area contributed by atoms with Crippen molar-refractivity contribution in [2.75, 3.05) is 18.1 Å². The maximum atomic E-state index is 10.9. The molecule has 0 amide bonds. The molecule has 0 saturated carbocycles. The zero-order valence-electron chi connectivity index (χ0n) is 7.32. The molecule has 3 nitrogen and oxygen atoms in total. The van der Waals surface area contributed by atoms with E-state index in [9.17, 15) is 4.79 Å². The van der Waals surface area contributed by atoms with Crippen molar-refractivity contribution in [3.63, 3.8) is 0 Å². The van der Waals surface area contributed by atoms with Crippen LogP contribution in [0.15, 0.2) is 0 Å². The summed E-state index contributed by atoms with van der Waals surface area (Å²) in [4.78, 5) is 10.9. The molecule has 4 heteroatoms. The van der Waals surface area contributed by atoms with Gasteiger partial charge in [0.05, 0.1) is 18.5 Å². The van der Waals surface area contributed by atoms with Crippen molar-refractivity contribution in [2.24, 2.45) is 0 Å². The van der Waals surface area contributed by atoms with Crippen molar-refractivity contribution in [1.82, 2.24) is 0 Å². The molecule has 1 atom stereocenters. The molecule has 0 heterocycles. The molecule has 72 valence electrons. The third-order valence-corrected chi connectivity index (χ3v) is 2.46. The number of aliphatic hydroxyl groups is 2. The van der Waals surface area contributed by atoms with E-state index in [4.69, 9.17) is 10.2 Å². The van der Waals surface area contributed by atoms with E-state index in [0.717, 1.165) is 6.42 Å². The Morgan fingerprint density at radius 1 is 1.58 bits per heavy atom. The van der Waals surface area contributed by atoms with E-state index in [0.29, 0.717) is 17.9 Å². The molecular formula is C8H16O3S. The van der Waals surface area contributed by atoms with Crippen molar-refractivity contribution in [3.8, 4) is 0 Å². The van der Waals surface area contributed by atoms with Crippen LogP contribution in [0.25, 0.3) is 0 Å². The van der Waals surface area contributed by atoms with Gasteiger partial charge in [-0.1, -0.05) is 6.92 Å². The summed E-state index contributed by atoms with van der Waals surface area (Å²) >= 11 is 1.37. The van der Waals surface area contributed by atoms with Crippen LogP contribution in [0, 0.1) is 0 Å². The Labute approximate surface area is 77.2 Å². The molecule has 0 spiro atoms. The number of aliphatic hydroxyl groups excluding tert-OH is 2. The number of hydrogen-bond acceptors (Lipinski definition) is 4. The summed E-state index contributed by atoms with van der Waals surface area (Å²) < 4.78 is 0. The summed E-state index contributed by atoms with van der Waals surface area (Å²) in [7, 11) is 0. The molecular weight excluding hydrogens is 176 g/mol. The Morgan fingerprint density at radius 2 is 2.25 bits per heavy atom. The SMILES string of the molecule is CCCC(=O)CSCC(O)CO. The summed E-state index contributed by atoms with van der Waals surface area (Å²) in [6.45, 7) is 1.74. The molecule has 12 heavy (non-hydrogen) atoms. The average molecular weight is 192 g/mol. The number of carbonyl (C=O) groups excluding carboxylic acids is 1. The fraction of sp³-hybridized carbons (Fsp3) is 0.875. The molecule has 0 fully saturated rings. The van der Waals surface area contributed by atoms with Crippen LogP contribution in [-0.4, -0.2) is 40.2 Å². The molecule has 0 aliphatic carbocycles. The first-order valence-electron chi connectivity index (χ1n) is 4.09. The van der Waals surface area contributed by atoms with E-state index in [-0.39, 0.29) is 12.4 Å². The first-order valence-corrected chi connectivity index (χ1v) is 5.24. The summed E-state index contributed by atoms with van der Waals surface area (Å²) in [5, 5.41) is 17.4. The van der Waals surface area contributed by atoms with Gasteiger partial charge in [-0.2, -0.15) is 11.8 Å². The van der Waals surface area contributed by atoms with Gasteiger partial charge in [-0.25, -0.2) is 0 Å². The normalized spacial score (nSPS) is 12.9. The Bertz CT molecular complexity index is 127. The van der Waals surface area contributed by atoms with Crippen LogP contribution in [-0.2, 0) is 4.79 Å². The van der Waals surface area contributed by atoms with Gasteiger partial charge in [0.2, 0.25) is 0 Å². The highest BCUT2D eigenvalue weighted by molar-refractivity contribution is 7.99. The predicted molar refractivity (Wildman–Crippen MR) is 50.3 cm³/mol. The predicted octanol–water partition coefficient (Wildman–Crippen LogP) is 0.442. The third kappa shape index (κ3) is 6.64. The molecule has 0 aliphatic heterocycles. The van der Waals surface area contributed by atoms with E-state index in [1.807, 2.05) is 6.92 Å². The summed E-state index contributed by atoms with van der Waals surface area (Å²) in [6, 6.07) is 0. The molecule has 0 aromatic carbocycles. The standard InChI is InChI=1S/C8H16O3S/c1-2-3-7(10)5-12-6-8(11)4-9/h8-9,11H,2-6H2,1H3. The lowest BCUT2D eigenvalue weighted by Gasteiger charge is -2.04. The number of rotatable bonds is 7. The quantitative estimate of drug-likeness (QED) is 0.614. The second-order valence-electron chi connectivity index (χ2n) is 2.64. The Hall–Kier alpha value is -0.0600. The molecule has 0 aromatic rings. The largest absolute Gasteiger partial charge is 0.394 e. The van der Waals surface area contributed by atoms with Gasteiger partial charge in [0.15, 0.2) is 0 Å². The van der Waals surface area contributed by atoms with Crippen LogP contribution in [0.4, 0.5) is 0 Å². The molecule has 0 bridgehead atoms. The number of carbonyl (C=O) groups is 1. The van der Waals surface area contributed by atoms with E-state index < -0.39 is 6.10 Å². The van der Waals surface area contributed by atoms with Gasteiger partial charge in [0.1, 0.15) is 5.78 Å². The third-order valence-electron chi connectivity index (χ3n) is 1.31. The number of hydrogen-bond donors (Lipinski definition) is 2. The van der Waals surface area contributed by atoms with Gasteiger partial charge in [0.25, 0.3) is 0 Å². The lowest BCUT2D eigenvalue weighted by Crippen LogP contribution is -2.16. The molecule has 0 aromatic heterocycles. The van der Waals surface area contributed by atoms with Crippen molar-refractivity contribution in [1.29, 1.82) is 0 Å². The van der Waals surface area contributed by atoms with Gasteiger partial charge < -0.3 is 10.2 Å². The first-order chi connectivity index (χ1) is 5.70. The van der Waals surface area contributed by atoms with Crippen LogP contribution in [0.2, 0.25) is 0 Å². The van der Waals surface area contributed by atoms with E-state index in [1.165, 1.54) is 11.8 Å². The molecule has 0 rings (SSSR count). The molecule has 2 N–H and O–H groups in total. The van der Waals surface area contributed by atoms with Crippen molar-refractivity contribution in [2.45, 2.75) is 25.9 Å². The number of ketones is 1. The van der Waals surface area contributed by atoms with Gasteiger partial charge >= 0.3 is 0 Å². The zero-order chi connectivity index (χ0) is 9.40. The van der Waals surface area contributed by atoms with Crippen LogP contribution >= 0.6 is 11.8 Å². The highest BCUT2D eigenvalue weighted by Crippen LogP contribution is 2.04. The van der Waals surface area contributed by atoms with E-state index in [2.05, 4.69) is 0 Å². The van der Waals surface area contributed by atoms with Crippen molar-refractivity contribution in [3.05, 3.63) is 0 Å². The molecule has 1 unspecified atom stereocenters. The minimum atomic E-state index is -0.690. The van der Waals surface area contributed by atoms with Gasteiger partial charge in [-0.15, -0.1) is 0 Å². The minimum absolute atomic E-state index is 0.215. The monoisotopic (exact) mass is 192 g/mol. The number of Topliss-reactive ketones (excluding diaryl/α,β-unsaturated/α-hetero) is 1. The van der Waals surface area contributed by atoms with Gasteiger partial charge in [-0.3, -0.25) is 4.79 Å². The van der Waals surface area contributed by atoms with Gasteiger partial charge in [-0.05, 0) is 6.42 Å². The minimum Gasteiger partial charge on any atom is -0.394 e. The van der Waals surface area contributed by atoms with E-state index in [1.54, 1.807) is 0 Å². The fourth-order valence-electron chi connectivity index (χ4n) is 0.713. The van der Waals surface area contributed by atoms with E-state index >= 15 is 0 Å².